The van der Waals surface area contributed by atoms with Gasteiger partial charge in [0.25, 0.3) is 0 Å². The lowest BCUT2D eigenvalue weighted by atomic mass is 10.0. The van der Waals surface area contributed by atoms with Crippen LogP contribution in [0.15, 0.2) is 35.7 Å². The van der Waals surface area contributed by atoms with Crippen LogP contribution in [0, 0.1) is 6.92 Å². The quantitative estimate of drug-likeness (QED) is 0.855. The molecule has 1 N–H and O–H groups in total. The fraction of sp³-hybridized carbons (Fsp3) is 0.286. The second kappa shape index (κ2) is 4.81. The van der Waals surface area contributed by atoms with Crippen LogP contribution in [0.2, 0.25) is 0 Å². The maximum absolute atomic E-state index is 10.2. The predicted octanol–water partition coefficient (Wildman–Crippen LogP) is 3.70. The van der Waals surface area contributed by atoms with Crippen LogP contribution < -0.4 is 0 Å². The predicted molar refractivity (Wildman–Crippen MR) is 68.9 cm³/mol. The van der Waals surface area contributed by atoms with Crippen molar-refractivity contribution in [2.24, 2.45) is 0 Å². The lowest BCUT2D eigenvalue weighted by Gasteiger charge is -2.11. The van der Waals surface area contributed by atoms with Crippen molar-refractivity contribution in [3.8, 4) is 0 Å². The topological polar surface area (TPSA) is 20.2 Å². The zero-order valence-corrected chi connectivity index (χ0v) is 10.4. The summed E-state index contributed by atoms with van der Waals surface area (Å²) in [6, 6.07) is 10.2. The minimum atomic E-state index is -0.489. The van der Waals surface area contributed by atoms with E-state index in [-0.39, 0.29) is 0 Å². The molecule has 0 aliphatic carbocycles. The summed E-state index contributed by atoms with van der Waals surface area (Å²) in [5.74, 6) is 0. The van der Waals surface area contributed by atoms with Crippen molar-refractivity contribution < 1.29 is 5.11 Å². The van der Waals surface area contributed by atoms with E-state index < -0.39 is 6.10 Å². The Hall–Kier alpha value is -1.12. The van der Waals surface area contributed by atoms with Crippen LogP contribution in [0.3, 0.4) is 0 Å². The van der Waals surface area contributed by atoms with Crippen LogP contribution in [0.1, 0.15) is 34.6 Å². The molecule has 2 rings (SSSR count). The highest BCUT2D eigenvalue weighted by Crippen LogP contribution is 2.28. The molecule has 0 saturated carbocycles. The number of aryl methyl sites for hydroxylation is 2. The molecular weight excluding hydrogens is 216 g/mol. The maximum atomic E-state index is 10.2. The van der Waals surface area contributed by atoms with Gasteiger partial charge in [0.15, 0.2) is 0 Å². The highest BCUT2D eigenvalue weighted by Gasteiger charge is 2.13. The summed E-state index contributed by atoms with van der Waals surface area (Å²) in [5.41, 5.74) is 3.30. The Bertz CT molecular complexity index is 456. The zero-order valence-electron chi connectivity index (χ0n) is 9.60. The number of aliphatic hydroxyl groups excluding tert-OH is 1. The smallest absolute Gasteiger partial charge is 0.105 e. The van der Waals surface area contributed by atoms with Crippen LogP contribution in [-0.4, -0.2) is 5.11 Å². The van der Waals surface area contributed by atoms with E-state index in [0.717, 1.165) is 17.5 Å². The molecule has 1 heterocycles. The molecule has 0 aliphatic heterocycles. The number of rotatable bonds is 3. The Morgan fingerprint density at radius 2 is 1.88 bits per heavy atom. The van der Waals surface area contributed by atoms with Gasteiger partial charge in [0.1, 0.15) is 6.10 Å². The molecule has 1 unspecified atom stereocenters. The van der Waals surface area contributed by atoms with Crippen molar-refractivity contribution >= 4 is 11.3 Å². The summed E-state index contributed by atoms with van der Waals surface area (Å²) in [6.07, 6.45) is 0.547. The summed E-state index contributed by atoms with van der Waals surface area (Å²) in [6.45, 7) is 4.18. The first-order valence-electron chi connectivity index (χ1n) is 5.53. The van der Waals surface area contributed by atoms with Gasteiger partial charge >= 0.3 is 0 Å². The molecule has 2 aromatic rings. The molecular formula is C14H16OS. The van der Waals surface area contributed by atoms with Gasteiger partial charge in [-0.15, -0.1) is 11.3 Å². The van der Waals surface area contributed by atoms with Crippen LogP contribution >= 0.6 is 11.3 Å². The van der Waals surface area contributed by atoms with Crippen molar-refractivity contribution in [1.29, 1.82) is 0 Å². The molecule has 0 saturated heterocycles. The first-order valence-corrected chi connectivity index (χ1v) is 6.41. The molecule has 0 bridgehead atoms. The SMILES string of the molecule is CCc1ccc(C(O)c2ccsc2C)cc1. The normalized spacial score (nSPS) is 12.7. The van der Waals surface area contributed by atoms with Crippen molar-refractivity contribution in [2.45, 2.75) is 26.4 Å². The van der Waals surface area contributed by atoms with Gasteiger partial charge in [-0.25, -0.2) is 0 Å². The van der Waals surface area contributed by atoms with E-state index in [1.54, 1.807) is 11.3 Å². The summed E-state index contributed by atoms with van der Waals surface area (Å²) in [5, 5.41) is 12.3. The molecule has 1 aromatic carbocycles. The van der Waals surface area contributed by atoms with Crippen molar-refractivity contribution in [3.05, 3.63) is 57.3 Å². The molecule has 0 fully saturated rings. The Balaban J connectivity index is 2.27. The van der Waals surface area contributed by atoms with E-state index in [2.05, 4.69) is 19.1 Å². The fourth-order valence-corrected chi connectivity index (χ4v) is 2.53. The van der Waals surface area contributed by atoms with Crippen LogP contribution in [0.25, 0.3) is 0 Å². The molecule has 1 aromatic heterocycles. The summed E-state index contributed by atoms with van der Waals surface area (Å²) in [4.78, 5) is 1.19. The van der Waals surface area contributed by atoms with Crippen LogP contribution in [0.5, 0.6) is 0 Å². The molecule has 1 atom stereocenters. The third kappa shape index (κ3) is 2.18. The summed E-state index contributed by atoms with van der Waals surface area (Å²) < 4.78 is 0. The summed E-state index contributed by atoms with van der Waals surface area (Å²) in [7, 11) is 0. The standard InChI is InChI=1S/C14H16OS/c1-3-11-4-6-12(7-5-11)14(15)13-8-9-16-10(13)2/h4-9,14-15H,3H2,1-2H3. The van der Waals surface area contributed by atoms with E-state index >= 15 is 0 Å². The average Bonchev–Trinajstić information content (AvgIpc) is 2.75. The number of aliphatic hydroxyl groups is 1. The fourth-order valence-electron chi connectivity index (χ4n) is 1.79. The monoisotopic (exact) mass is 232 g/mol. The number of hydrogen-bond acceptors (Lipinski definition) is 2. The maximum Gasteiger partial charge on any atom is 0.105 e. The minimum Gasteiger partial charge on any atom is -0.384 e. The minimum absolute atomic E-state index is 0.489. The number of benzene rings is 1. The van der Waals surface area contributed by atoms with Gasteiger partial charge in [0, 0.05) is 4.88 Å². The molecule has 0 amide bonds. The highest BCUT2D eigenvalue weighted by atomic mass is 32.1. The van der Waals surface area contributed by atoms with Gasteiger partial charge < -0.3 is 5.11 Å². The van der Waals surface area contributed by atoms with Gasteiger partial charge in [-0.3, -0.25) is 0 Å². The lowest BCUT2D eigenvalue weighted by molar-refractivity contribution is 0.220. The third-order valence-corrected chi connectivity index (χ3v) is 3.76. The van der Waals surface area contributed by atoms with Gasteiger partial charge in [0.05, 0.1) is 0 Å². The average molecular weight is 232 g/mol. The number of thiophene rings is 1. The van der Waals surface area contributed by atoms with E-state index in [1.807, 2.05) is 30.5 Å². The molecule has 0 spiro atoms. The Labute approximate surface area is 100 Å². The zero-order chi connectivity index (χ0) is 11.5. The second-order valence-electron chi connectivity index (χ2n) is 3.93. The van der Waals surface area contributed by atoms with Gasteiger partial charge in [-0.2, -0.15) is 0 Å². The highest BCUT2D eigenvalue weighted by molar-refractivity contribution is 7.10. The Morgan fingerprint density at radius 3 is 2.38 bits per heavy atom. The molecule has 84 valence electrons. The number of hydrogen-bond donors (Lipinski definition) is 1. The molecule has 16 heavy (non-hydrogen) atoms. The van der Waals surface area contributed by atoms with E-state index in [1.165, 1.54) is 10.4 Å². The Kier molecular flexibility index (Phi) is 3.42. The van der Waals surface area contributed by atoms with E-state index in [4.69, 9.17) is 0 Å². The van der Waals surface area contributed by atoms with Gasteiger partial charge in [0.2, 0.25) is 0 Å². The molecule has 2 heteroatoms. The second-order valence-corrected chi connectivity index (χ2v) is 5.05. The van der Waals surface area contributed by atoms with E-state index in [0.29, 0.717) is 0 Å². The van der Waals surface area contributed by atoms with Crippen LogP contribution in [0.4, 0.5) is 0 Å². The lowest BCUT2D eigenvalue weighted by Crippen LogP contribution is -1.99. The first kappa shape index (κ1) is 11.4. The molecule has 0 radical (unpaired) electrons. The summed E-state index contributed by atoms with van der Waals surface area (Å²) >= 11 is 1.68. The van der Waals surface area contributed by atoms with Crippen LogP contribution in [-0.2, 0) is 6.42 Å². The first-order chi connectivity index (χ1) is 7.72. The molecule has 0 aliphatic rings. The third-order valence-electron chi connectivity index (χ3n) is 2.90. The van der Waals surface area contributed by atoms with Gasteiger partial charge in [-0.05, 0) is 41.5 Å². The van der Waals surface area contributed by atoms with Gasteiger partial charge in [-0.1, -0.05) is 31.2 Å². The largest absolute Gasteiger partial charge is 0.384 e. The van der Waals surface area contributed by atoms with Crippen molar-refractivity contribution in [1.82, 2.24) is 0 Å². The van der Waals surface area contributed by atoms with E-state index in [9.17, 15) is 5.11 Å². The molecule has 1 nitrogen and oxygen atoms in total. The Morgan fingerprint density at radius 1 is 1.19 bits per heavy atom. The van der Waals surface area contributed by atoms with Crippen molar-refractivity contribution in [2.75, 3.05) is 0 Å². The van der Waals surface area contributed by atoms with Crippen molar-refractivity contribution in [3.63, 3.8) is 0 Å².